The molecule has 1 saturated heterocycles. The molecule has 0 bridgehead atoms. The van der Waals surface area contributed by atoms with Gasteiger partial charge in [0.15, 0.2) is 0 Å². The fourth-order valence-corrected chi connectivity index (χ4v) is 2.91. The molecule has 2 heterocycles. The molecule has 7 heteroatoms. The van der Waals surface area contributed by atoms with Crippen LogP contribution in [-0.4, -0.2) is 54.0 Å². The van der Waals surface area contributed by atoms with E-state index in [0.717, 1.165) is 24.5 Å². The third-order valence-electron chi connectivity index (χ3n) is 4.32. The van der Waals surface area contributed by atoms with Crippen molar-refractivity contribution in [3.8, 4) is 0 Å². The molecule has 0 atom stereocenters. The topological polar surface area (TPSA) is 61.4 Å². The molecule has 0 saturated carbocycles. The van der Waals surface area contributed by atoms with Crippen molar-refractivity contribution in [3.63, 3.8) is 0 Å². The Morgan fingerprint density at radius 2 is 2.00 bits per heavy atom. The summed E-state index contributed by atoms with van der Waals surface area (Å²) in [6.07, 6.45) is 3.19. The summed E-state index contributed by atoms with van der Waals surface area (Å²) in [6, 6.07) is 8.01. The van der Waals surface area contributed by atoms with Gasteiger partial charge in [0.2, 0.25) is 0 Å². The predicted molar refractivity (Wildman–Crippen MR) is 95.3 cm³/mol. The second kappa shape index (κ2) is 7.46. The second-order valence-electron chi connectivity index (χ2n) is 6.38. The number of halogens is 1. The average molecular weight is 343 g/mol. The van der Waals surface area contributed by atoms with E-state index in [0.29, 0.717) is 18.7 Å². The molecule has 1 N–H and O–H groups in total. The van der Waals surface area contributed by atoms with E-state index < -0.39 is 0 Å². The van der Waals surface area contributed by atoms with Crippen LogP contribution in [0.15, 0.2) is 36.7 Å². The van der Waals surface area contributed by atoms with Gasteiger partial charge in [0.25, 0.3) is 5.91 Å². The highest BCUT2D eigenvalue weighted by molar-refractivity contribution is 5.94. The van der Waals surface area contributed by atoms with Crippen LogP contribution in [0.3, 0.4) is 0 Å². The summed E-state index contributed by atoms with van der Waals surface area (Å²) in [5, 5.41) is 3.41. The normalized spacial score (nSPS) is 15.1. The van der Waals surface area contributed by atoms with Crippen molar-refractivity contribution in [2.75, 3.05) is 37.4 Å². The van der Waals surface area contributed by atoms with Gasteiger partial charge in [-0.15, -0.1) is 0 Å². The average Bonchev–Trinajstić information content (AvgIpc) is 2.62. The molecular weight excluding hydrogens is 321 g/mol. The minimum atomic E-state index is -0.386. The first-order valence-corrected chi connectivity index (χ1v) is 8.33. The Kier molecular flexibility index (Phi) is 5.11. The Balaban J connectivity index is 1.57. The van der Waals surface area contributed by atoms with Gasteiger partial charge in [-0.3, -0.25) is 4.79 Å². The fraction of sp³-hybridized carbons (Fsp3) is 0.389. The van der Waals surface area contributed by atoms with Crippen molar-refractivity contribution < 1.29 is 9.18 Å². The summed E-state index contributed by atoms with van der Waals surface area (Å²) in [6.45, 7) is 1.28. The van der Waals surface area contributed by atoms with Crippen molar-refractivity contribution >= 4 is 17.5 Å². The zero-order valence-electron chi connectivity index (χ0n) is 14.4. The molecule has 0 aliphatic carbocycles. The van der Waals surface area contributed by atoms with Crippen LogP contribution >= 0.6 is 0 Å². The quantitative estimate of drug-likeness (QED) is 0.924. The zero-order valence-corrected chi connectivity index (χ0v) is 14.4. The maximum absolute atomic E-state index is 13.3. The lowest BCUT2D eigenvalue weighted by Gasteiger charge is -2.32. The maximum Gasteiger partial charge on any atom is 0.253 e. The molecule has 6 nitrogen and oxygen atoms in total. The lowest BCUT2D eigenvalue weighted by atomic mass is 10.0. The molecule has 3 rings (SSSR count). The Bertz CT molecular complexity index is 744. The number of carbonyl (C=O) groups is 1. The molecule has 1 aliphatic heterocycles. The van der Waals surface area contributed by atoms with Crippen LogP contribution in [0.5, 0.6) is 0 Å². The first-order valence-electron chi connectivity index (χ1n) is 8.33. The van der Waals surface area contributed by atoms with Crippen LogP contribution in [0.1, 0.15) is 23.2 Å². The van der Waals surface area contributed by atoms with Crippen LogP contribution in [-0.2, 0) is 0 Å². The largest absolute Gasteiger partial charge is 0.367 e. The van der Waals surface area contributed by atoms with Gasteiger partial charge in [-0.05, 0) is 31.0 Å². The highest BCUT2D eigenvalue weighted by atomic mass is 19.1. The van der Waals surface area contributed by atoms with Crippen LogP contribution in [0, 0.1) is 5.82 Å². The van der Waals surface area contributed by atoms with Gasteiger partial charge in [-0.25, -0.2) is 14.4 Å². The second-order valence-corrected chi connectivity index (χ2v) is 6.38. The molecule has 1 aromatic carbocycles. The lowest BCUT2D eigenvalue weighted by molar-refractivity contribution is 0.0718. The molecule has 2 aromatic rings. The van der Waals surface area contributed by atoms with Gasteiger partial charge < -0.3 is 15.1 Å². The summed E-state index contributed by atoms with van der Waals surface area (Å²) in [7, 11) is 3.87. The number of benzene rings is 1. The van der Waals surface area contributed by atoms with E-state index in [1.54, 1.807) is 23.4 Å². The number of hydrogen-bond acceptors (Lipinski definition) is 5. The van der Waals surface area contributed by atoms with Gasteiger partial charge in [0.1, 0.15) is 23.8 Å². The number of piperidine rings is 1. The molecule has 25 heavy (non-hydrogen) atoms. The molecule has 1 aromatic heterocycles. The van der Waals surface area contributed by atoms with Gasteiger partial charge in [-0.2, -0.15) is 0 Å². The van der Waals surface area contributed by atoms with Crippen LogP contribution in [0.2, 0.25) is 0 Å². The third-order valence-corrected chi connectivity index (χ3v) is 4.32. The number of amides is 1. The fourth-order valence-electron chi connectivity index (χ4n) is 2.91. The number of aromatic nitrogens is 2. The Morgan fingerprint density at radius 1 is 1.24 bits per heavy atom. The number of hydrogen-bond donors (Lipinski definition) is 1. The van der Waals surface area contributed by atoms with Crippen molar-refractivity contribution in [3.05, 3.63) is 48.0 Å². The first-order chi connectivity index (χ1) is 12.0. The van der Waals surface area contributed by atoms with Crippen molar-refractivity contribution in [2.45, 2.75) is 18.9 Å². The van der Waals surface area contributed by atoms with E-state index in [2.05, 4.69) is 15.3 Å². The van der Waals surface area contributed by atoms with E-state index in [-0.39, 0.29) is 17.8 Å². The Hall–Kier alpha value is -2.70. The molecular formula is C18H22FN5O. The first kappa shape index (κ1) is 17.1. The van der Waals surface area contributed by atoms with E-state index in [1.807, 2.05) is 25.1 Å². The number of likely N-dealkylation sites (tertiary alicyclic amines) is 1. The number of rotatable bonds is 4. The summed E-state index contributed by atoms with van der Waals surface area (Å²) < 4.78 is 13.3. The van der Waals surface area contributed by atoms with Crippen molar-refractivity contribution in [1.82, 2.24) is 14.9 Å². The third kappa shape index (κ3) is 4.23. The zero-order chi connectivity index (χ0) is 17.8. The summed E-state index contributed by atoms with van der Waals surface area (Å²) >= 11 is 0. The molecule has 1 fully saturated rings. The summed E-state index contributed by atoms with van der Waals surface area (Å²) in [4.78, 5) is 24.6. The SMILES string of the molecule is CN(C)c1cc(NC2CCN(C(=O)c3cccc(F)c3)CC2)ncn1. The number of carbonyl (C=O) groups excluding carboxylic acids is 1. The van der Waals surface area contributed by atoms with E-state index in [1.165, 1.54) is 12.1 Å². The Morgan fingerprint density at radius 3 is 2.68 bits per heavy atom. The van der Waals surface area contributed by atoms with Gasteiger partial charge in [0.05, 0.1) is 0 Å². The molecule has 0 radical (unpaired) electrons. The van der Waals surface area contributed by atoms with E-state index in [4.69, 9.17) is 0 Å². The Labute approximate surface area is 146 Å². The van der Waals surface area contributed by atoms with Crippen LogP contribution in [0.25, 0.3) is 0 Å². The molecule has 132 valence electrons. The molecule has 1 amide bonds. The van der Waals surface area contributed by atoms with Gasteiger partial charge in [-0.1, -0.05) is 6.07 Å². The molecule has 1 aliphatic rings. The maximum atomic E-state index is 13.3. The van der Waals surface area contributed by atoms with Crippen LogP contribution in [0.4, 0.5) is 16.0 Å². The number of nitrogens with zero attached hydrogens (tertiary/aromatic N) is 4. The molecule has 0 spiro atoms. The van der Waals surface area contributed by atoms with E-state index in [9.17, 15) is 9.18 Å². The predicted octanol–water partition coefficient (Wildman–Crippen LogP) is 2.40. The molecule has 0 unspecified atom stereocenters. The van der Waals surface area contributed by atoms with Crippen LogP contribution < -0.4 is 10.2 Å². The highest BCUT2D eigenvalue weighted by Crippen LogP contribution is 2.19. The minimum Gasteiger partial charge on any atom is -0.367 e. The lowest BCUT2D eigenvalue weighted by Crippen LogP contribution is -2.42. The minimum absolute atomic E-state index is 0.116. The van der Waals surface area contributed by atoms with E-state index >= 15 is 0 Å². The number of nitrogens with one attached hydrogen (secondary N) is 1. The summed E-state index contributed by atoms with van der Waals surface area (Å²) in [5.74, 6) is 1.13. The van der Waals surface area contributed by atoms with Gasteiger partial charge >= 0.3 is 0 Å². The number of anilines is 2. The highest BCUT2D eigenvalue weighted by Gasteiger charge is 2.24. The van der Waals surface area contributed by atoms with Gasteiger partial charge in [0, 0.05) is 44.9 Å². The smallest absolute Gasteiger partial charge is 0.253 e. The van der Waals surface area contributed by atoms with Crippen molar-refractivity contribution in [1.29, 1.82) is 0 Å². The monoisotopic (exact) mass is 343 g/mol. The summed E-state index contributed by atoms with van der Waals surface area (Å²) in [5.41, 5.74) is 0.401. The standard InChI is InChI=1S/C18H22FN5O/c1-23(2)17-11-16(20-12-21-17)22-15-6-8-24(9-7-15)18(25)13-4-3-5-14(19)10-13/h3-5,10-12,15H,6-9H2,1-2H3,(H,20,21,22). The van der Waals surface area contributed by atoms with Crippen molar-refractivity contribution in [2.24, 2.45) is 0 Å².